The van der Waals surface area contributed by atoms with Crippen LogP contribution < -0.4 is 5.32 Å². The quantitative estimate of drug-likeness (QED) is 0.637. The summed E-state index contributed by atoms with van der Waals surface area (Å²) in [5.41, 5.74) is 0. The third-order valence-electron chi connectivity index (χ3n) is 3.57. The molecule has 0 amide bonds. The van der Waals surface area contributed by atoms with E-state index in [0.717, 1.165) is 24.8 Å². The highest BCUT2D eigenvalue weighted by Crippen LogP contribution is 2.15. The maximum atomic E-state index is 9.04. The SMILES string of the molecule is CCC(C)C(C)NCC(CCO)CC(C)C. The molecule has 0 fully saturated rings. The number of nitrogens with one attached hydrogen (secondary N) is 1. The molecule has 0 heterocycles. The van der Waals surface area contributed by atoms with E-state index in [1.54, 1.807) is 0 Å². The highest BCUT2D eigenvalue weighted by atomic mass is 16.3. The van der Waals surface area contributed by atoms with Gasteiger partial charge in [-0.1, -0.05) is 34.1 Å². The summed E-state index contributed by atoms with van der Waals surface area (Å²) in [6, 6.07) is 0.582. The molecule has 0 saturated carbocycles. The summed E-state index contributed by atoms with van der Waals surface area (Å²) >= 11 is 0. The van der Waals surface area contributed by atoms with Crippen LogP contribution in [0.2, 0.25) is 0 Å². The first kappa shape index (κ1) is 15.9. The molecule has 0 saturated heterocycles. The lowest BCUT2D eigenvalue weighted by Gasteiger charge is -2.24. The van der Waals surface area contributed by atoms with Crippen LogP contribution in [0.5, 0.6) is 0 Å². The third kappa shape index (κ3) is 7.24. The van der Waals surface area contributed by atoms with Crippen LogP contribution >= 0.6 is 0 Å². The van der Waals surface area contributed by atoms with Gasteiger partial charge < -0.3 is 10.4 Å². The largest absolute Gasteiger partial charge is 0.396 e. The lowest BCUT2D eigenvalue weighted by atomic mass is 9.93. The van der Waals surface area contributed by atoms with Gasteiger partial charge in [-0.25, -0.2) is 0 Å². The van der Waals surface area contributed by atoms with Crippen LogP contribution in [0.4, 0.5) is 0 Å². The van der Waals surface area contributed by atoms with Crippen molar-refractivity contribution in [3.63, 3.8) is 0 Å². The first-order valence-corrected chi connectivity index (χ1v) is 6.85. The van der Waals surface area contributed by atoms with Crippen molar-refractivity contribution in [2.45, 2.75) is 59.9 Å². The molecule has 0 bridgehead atoms. The zero-order chi connectivity index (χ0) is 12.6. The summed E-state index contributed by atoms with van der Waals surface area (Å²) in [6.45, 7) is 12.7. The van der Waals surface area contributed by atoms with E-state index in [2.05, 4.69) is 39.9 Å². The zero-order valence-electron chi connectivity index (χ0n) is 11.8. The summed E-state index contributed by atoms with van der Waals surface area (Å²) in [6.07, 6.45) is 3.36. The lowest BCUT2D eigenvalue weighted by Crippen LogP contribution is -2.36. The number of aliphatic hydroxyl groups is 1. The minimum atomic E-state index is 0.316. The number of rotatable bonds is 9. The van der Waals surface area contributed by atoms with E-state index in [9.17, 15) is 0 Å². The Bertz CT molecular complexity index is 159. The Labute approximate surface area is 102 Å². The standard InChI is InChI=1S/C14H31NO/c1-6-12(4)13(5)15-10-14(7-8-16)9-11(2)3/h11-16H,6-10H2,1-5H3. The first-order valence-electron chi connectivity index (χ1n) is 6.85. The van der Waals surface area contributed by atoms with Crippen LogP contribution in [0, 0.1) is 17.8 Å². The van der Waals surface area contributed by atoms with Crippen LogP contribution in [0.25, 0.3) is 0 Å². The molecule has 0 rings (SSSR count). The van der Waals surface area contributed by atoms with Gasteiger partial charge >= 0.3 is 0 Å². The van der Waals surface area contributed by atoms with Crippen molar-refractivity contribution in [2.75, 3.05) is 13.2 Å². The van der Waals surface area contributed by atoms with Gasteiger partial charge in [0.1, 0.15) is 0 Å². The Kier molecular flexibility index (Phi) is 8.96. The van der Waals surface area contributed by atoms with Crippen molar-refractivity contribution < 1.29 is 5.11 Å². The molecule has 0 radical (unpaired) electrons. The summed E-state index contributed by atoms with van der Waals surface area (Å²) in [7, 11) is 0. The molecule has 0 aromatic carbocycles. The predicted octanol–water partition coefficient (Wildman–Crippen LogP) is 3.06. The Morgan fingerprint density at radius 3 is 2.19 bits per heavy atom. The van der Waals surface area contributed by atoms with Gasteiger partial charge in [0.2, 0.25) is 0 Å². The smallest absolute Gasteiger partial charge is 0.0434 e. The summed E-state index contributed by atoms with van der Waals surface area (Å²) < 4.78 is 0. The summed E-state index contributed by atoms with van der Waals surface area (Å²) in [5.74, 6) is 2.07. The van der Waals surface area contributed by atoms with E-state index < -0.39 is 0 Å². The molecule has 2 N–H and O–H groups in total. The zero-order valence-corrected chi connectivity index (χ0v) is 11.8. The van der Waals surface area contributed by atoms with E-state index >= 15 is 0 Å². The minimum absolute atomic E-state index is 0.316. The van der Waals surface area contributed by atoms with Crippen molar-refractivity contribution in [1.82, 2.24) is 5.32 Å². The Morgan fingerprint density at radius 1 is 1.12 bits per heavy atom. The fraction of sp³-hybridized carbons (Fsp3) is 1.00. The second-order valence-corrected chi connectivity index (χ2v) is 5.59. The van der Waals surface area contributed by atoms with Gasteiger partial charge in [-0.2, -0.15) is 0 Å². The normalized spacial score (nSPS) is 17.4. The van der Waals surface area contributed by atoms with Gasteiger partial charge in [0.05, 0.1) is 0 Å². The maximum absolute atomic E-state index is 9.04. The molecular weight excluding hydrogens is 198 g/mol. The fourth-order valence-electron chi connectivity index (χ4n) is 2.06. The summed E-state index contributed by atoms with van der Waals surface area (Å²) in [5, 5.41) is 12.7. The van der Waals surface area contributed by atoms with Gasteiger partial charge in [0.25, 0.3) is 0 Å². The van der Waals surface area contributed by atoms with Crippen LogP contribution in [0.1, 0.15) is 53.9 Å². The molecule has 3 unspecified atom stereocenters. The number of hydrogen-bond acceptors (Lipinski definition) is 2. The molecular formula is C14H31NO. The monoisotopic (exact) mass is 229 g/mol. The van der Waals surface area contributed by atoms with Crippen molar-refractivity contribution in [3.8, 4) is 0 Å². The van der Waals surface area contributed by atoms with E-state index in [1.807, 2.05) is 0 Å². The highest BCUT2D eigenvalue weighted by molar-refractivity contribution is 4.71. The number of aliphatic hydroxyl groups excluding tert-OH is 1. The van der Waals surface area contributed by atoms with E-state index in [0.29, 0.717) is 18.6 Å². The maximum Gasteiger partial charge on any atom is 0.0434 e. The van der Waals surface area contributed by atoms with E-state index in [1.165, 1.54) is 12.8 Å². The van der Waals surface area contributed by atoms with Crippen LogP contribution in [0.3, 0.4) is 0 Å². The first-order chi connectivity index (χ1) is 7.51. The molecule has 0 aliphatic rings. The molecule has 0 aromatic rings. The lowest BCUT2D eigenvalue weighted by molar-refractivity contribution is 0.232. The fourth-order valence-corrected chi connectivity index (χ4v) is 2.06. The molecule has 0 aliphatic carbocycles. The predicted molar refractivity (Wildman–Crippen MR) is 71.6 cm³/mol. The molecule has 0 spiro atoms. The highest BCUT2D eigenvalue weighted by Gasteiger charge is 2.14. The van der Waals surface area contributed by atoms with Crippen LogP contribution in [0.15, 0.2) is 0 Å². The molecule has 16 heavy (non-hydrogen) atoms. The van der Waals surface area contributed by atoms with Crippen molar-refractivity contribution >= 4 is 0 Å². The van der Waals surface area contributed by atoms with Crippen molar-refractivity contribution in [1.29, 1.82) is 0 Å². The summed E-state index contributed by atoms with van der Waals surface area (Å²) in [4.78, 5) is 0. The van der Waals surface area contributed by atoms with Crippen molar-refractivity contribution in [2.24, 2.45) is 17.8 Å². The van der Waals surface area contributed by atoms with Gasteiger partial charge in [0, 0.05) is 12.6 Å². The van der Waals surface area contributed by atoms with Crippen LogP contribution in [-0.4, -0.2) is 24.3 Å². The Balaban J connectivity index is 3.90. The molecule has 0 aliphatic heterocycles. The average molecular weight is 229 g/mol. The second kappa shape index (κ2) is 9.00. The average Bonchev–Trinajstić information content (AvgIpc) is 2.23. The van der Waals surface area contributed by atoms with Crippen LogP contribution in [-0.2, 0) is 0 Å². The van der Waals surface area contributed by atoms with E-state index in [-0.39, 0.29) is 0 Å². The molecule has 2 heteroatoms. The van der Waals surface area contributed by atoms with Gasteiger partial charge in [0.15, 0.2) is 0 Å². The molecule has 98 valence electrons. The second-order valence-electron chi connectivity index (χ2n) is 5.59. The Morgan fingerprint density at radius 2 is 1.75 bits per heavy atom. The Hall–Kier alpha value is -0.0800. The van der Waals surface area contributed by atoms with E-state index in [4.69, 9.17) is 5.11 Å². The number of hydrogen-bond donors (Lipinski definition) is 2. The van der Waals surface area contributed by atoms with Gasteiger partial charge in [-0.05, 0) is 44.1 Å². The third-order valence-corrected chi connectivity index (χ3v) is 3.57. The molecule has 2 nitrogen and oxygen atoms in total. The topological polar surface area (TPSA) is 32.3 Å². The van der Waals surface area contributed by atoms with Gasteiger partial charge in [-0.3, -0.25) is 0 Å². The molecule has 3 atom stereocenters. The van der Waals surface area contributed by atoms with Crippen molar-refractivity contribution in [3.05, 3.63) is 0 Å². The van der Waals surface area contributed by atoms with Gasteiger partial charge in [-0.15, -0.1) is 0 Å². The minimum Gasteiger partial charge on any atom is -0.396 e. The molecule has 0 aromatic heterocycles.